The third-order valence-electron chi connectivity index (χ3n) is 4.54. The van der Waals surface area contributed by atoms with Gasteiger partial charge in [-0.25, -0.2) is 0 Å². The van der Waals surface area contributed by atoms with E-state index in [9.17, 15) is 9.59 Å². The van der Waals surface area contributed by atoms with Crippen LogP contribution in [0.15, 0.2) is 54.5 Å². The second-order valence-corrected chi connectivity index (χ2v) is 6.58. The number of aromatic nitrogens is 2. The Balaban J connectivity index is 1.51. The zero-order valence-electron chi connectivity index (χ0n) is 15.3. The minimum Gasteiger partial charge on any atom is -0.352 e. The summed E-state index contributed by atoms with van der Waals surface area (Å²) < 4.78 is 0. The zero-order chi connectivity index (χ0) is 18.9. The molecule has 27 heavy (non-hydrogen) atoms. The van der Waals surface area contributed by atoms with Crippen LogP contribution in [0.4, 0.5) is 0 Å². The Labute approximate surface area is 159 Å². The number of pyridine rings is 2. The highest BCUT2D eigenvalue weighted by atomic mass is 16.2. The molecule has 0 aliphatic heterocycles. The van der Waals surface area contributed by atoms with Crippen LogP contribution in [0.1, 0.15) is 58.5 Å². The van der Waals surface area contributed by atoms with Gasteiger partial charge in [0.2, 0.25) is 0 Å². The molecule has 0 unspecified atom stereocenters. The number of hydrogen-bond donors (Lipinski definition) is 2. The van der Waals surface area contributed by atoms with Gasteiger partial charge < -0.3 is 10.6 Å². The molecular formula is C21H24N4O2. The fraction of sp³-hybridized carbons (Fsp3) is 0.333. The predicted octanol–water partition coefficient (Wildman–Crippen LogP) is 3.03. The number of nitrogens with one attached hydrogen (secondary N) is 2. The second kappa shape index (κ2) is 9.62. The molecule has 0 bridgehead atoms. The van der Waals surface area contributed by atoms with Crippen molar-refractivity contribution in [3.05, 3.63) is 71.3 Å². The average molecular weight is 364 g/mol. The van der Waals surface area contributed by atoms with E-state index in [0.29, 0.717) is 24.2 Å². The quantitative estimate of drug-likeness (QED) is 0.740. The van der Waals surface area contributed by atoms with Crippen LogP contribution >= 0.6 is 0 Å². The Hall–Kier alpha value is -3.02. The number of rotatable bonds is 7. The molecular weight excluding hydrogens is 340 g/mol. The lowest BCUT2D eigenvalue weighted by molar-refractivity contribution is 0.0950. The molecule has 1 aliphatic rings. The van der Waals surface area contributed by atoms with Crippen molar-refractivity contribution in [2.24, 2.45) is 0 Å². The summed E-state index contributed by atoms with van der Waals surface area (Å²) >= 11 is 0. The van der Waals surface area contributed by atoms with E-state index in [1.807, 2.05) is 18.2 Å². The predicted molar refractivity (Wildman–Crippen MR) is 103 cm³/mol. The van der Waals surface area contributed by atoms with Gasteiger partial charge in [0.1, 0.15) is 0 Å². The summed E-state index contributed by atoms with van der Waals surface area (Å²) in [7, 11) is 0. The number of carbonyl (C=O) groups excluding carboxylic acids is 2. The summed E-state index contributed by atoms with van der Waals surface area (Å²) in [5.41, 5.74) is 2.93. The summed E-state index contributed by atoms with van der Waals surface area (Å²) in [6.07, 6.45) is 12.5. The summed E-state index contributed by atoms with van der Waals surface area (Å²) in [6, 6.07) is 7.09. The number of carbonyl (C=O) groups is 2. The summed E-state index contributed by atoms with van der Waals surface area (Å²) in [4.78, 5) is 32.8. The molecule has 1 aliphatic carbocycles. The number of nitrogens with zero attached hydrogens (tertiary/aromatic N) is 2. The van der Waals surface area contributed by atoms with Gasteiger partial charge in [-0.05, 0) is 50.3 Å². The van der Waals surface area contributed by atoms with E-state index in [0.717, 1.165) is 25.0 Å². The molecule has 0 saturated heterocycles. The summed E-state index contributed by atoms with van der Waals surface area (Å²) in [5, 5.41) is 5.70. The Morgan fingerprint density at radius 2 is 1.85 bits per heavy atom. The fourth-order valence-corrected chi connectivity index (χ4v) is 3.03. The van der Waals surface area contributed by atoms with Crippen molar-refractivity contribution < 1.29 is 9.59 Å². The van der Waals surface area contributed by atoms with E-state index >= 15 is 0 Å². The van der Waals surface area contributed by atoms with Crippen molar-refractivity contribution >= 4 is 11.8 Å². The van der Waals surface area contributed by atoms with Crippen molar-refractivity contribution in [3.63, 3.8) is 0 Å². The first-order chi connectivity index (χ1) is 13.2. The van der Waals surface area contributed by atoms with Gasteiger partial charge in [-0.1, -0.05) is 17.7 Å². The van der Waals surface area contributed by atoms with Crippen LogP contribution in [0.2, 0.25) is 0 Å². The maximum atomic E-state index is 12.3. The van der Waals surface area contributed by atoms with Crippen LogP contribution in [0.25, 0.3) is 0 Å². The molecule has 6 heteroatoms. The average Bonchev–Trinajstić information content (AvgIpc) is 2.73. The molecule has 2 aromatic heterocycles. The van der Waals surface area contributed by atoms with Gasteiger partial charge >= 0.3 is 0 Å². The molecule has 0 saturated carbocycles. The molecule has 2 aromatic rings. The summed E-state index contributed by atoms with van der Waals surface area (Å²) in [5.74, 6) is -0.492. The fourth-order valence-electron chi connectivity index (χ4n) is 3.03. The molecule has 0 atom stereocenters. The van der Waals surface area contributed by atoms with Crippen molar-refractivity contribution in [3.8, 4) is 0 Å². The van der Waals surface area contributed by atoms with Gasteiger partial charge in [-0.2, -0.15) is 0 Å². The van der Waals surface area contributed by atoms with Crippen LogP contribution in [0.5, 0.6) is 0 Å². The van der Waals surface area contributed by atoms with Gasteiger partial charge in [0.15, 0.2) is 0 Å². The minimum absolute atomic E-state index is 0.210. The molecule has 3 rings (SSSR count). The largest absolute Gasteiger partial charge is 0.352 e. The highest BCUT2D eigenvalue weighted by Gasteiger charge is 2.12. The van der Waals surface area contributed by atoms with Crippen molar-refractivity contribution in [2.45, 2.75) is 38.6 Å². The lowest BCUT2D eigenvalue weighted by Gasteiger charge is -2.13. The molecule has 0 fully saturated rings. The van der Waals surface area contributed by atoms with E-state index in [1.165, 1.54) is 30.8 Å². The number of amides is 2. The molecule has 2 heterocycles. The Kier molecular flexibility index (Phi) is 6.68. The van der Waals surface area contributed by atoms with E-state index in [1.54, 1.807) is 12.3 Å². The number of allylic oxidation sites excluding steroid dienone is 1. The lowest BCUT2D eigenvalue weighted by atomic mass is 9.97. The first-order valence-electron chi connectivity index (χ1n) is 9.31. The van der Waals surface area contributed by atoms with Gasteiger partial charge in [-0.3, -0.25) is 19.6 Å². The van der Waals surface area contributed by atoms with E-state index in [-0.39, 0.29) is 11.8 Å². The Morgan fingerprint density at radius 3 is 2.56 bits per heavy atom. The highest BCUT2D eigenvalue weighted by Crippen LogP contribution is 2.19. The maximum Gasteiger partial charge on any atom is 0.253 e. The van der Waals surface area contributed by atoms with Gasteiger partial charge in [0, 0.05) is 25.1 Å². The highest BCUT2D eigenvalue weighted by molar-refractivity contribution is 5.99. The van der Waals surface area contributed by atoms with Crippen LogP contribution in [-0.4, -0.2) is 28.3 Å². The van der Waals surface area contributed by atoms with Crippen LogP contribution < -0.4 is 10.6 Å². The lowest BCUT2D eigenvalue weighted by Crippen LogP contribution is -2.27. The third-order valence-corrected chi connectivity index (χ3v) is 4.54. The molecule has 6 nitrogen and oxygen atoms in total. The monoisotopic (exact) mass is 364 g/mol. The van der Waals surface area contributed by atoms with E-state index < -0.39 is 0 Å². The first kappa shape index (κ1) is 18.8. The SMILES string of the molecule is O=C(NCCC1=CCCCC1)c1cncc(C(=O)NCc2ccccn2)c1. The van der Waals surface area contributed by atoms with Gasteiger partial charge in [0.05, 0.1) is 23.4 Å². The van der Waals surface area contributed by atoms with Crippen molar-refractivity contribution in [2.75, 3.05) is 6.54 Å². The van der Waals surface area contributed by atoms with E-state index in [2.05, 4.69) is 26.7 Å². The normalized spacial score (nSPS) is 13.6. The first-order valence-corrected chi connectivity index (χ1v) is 9.31. The van der Waals surface area contributed by atoms with Gasteiger partial charge in [-0.15, -0.1) is 0 Å². The van der Waals surface area contributed by atoms with Crippen LogP contribution in [0, 0.1) is 0 Å². The molecule has 0 radical (unpaired) electrons. The Bertz CT molecular complexity index is 818. The van der Waals surface area contributed by atoms with Gasteiger partial charge in [0.25, 0.3) is 11.8 Å². The molecule has 140 valence electrons. The van der Waals surface area contributed by atoms with Crippen molar-refractivity contribution in [1.29, 1.82) is 0 Å². The van der Waals surface area contributed by atoms with Crippen LogP contribution in [-0.2, 0) is 6.54 Å². The third kappa shape index (κ3) is 5.74. The summed E-state index contributed by atoms with van der Waals surface area (Å²) in [6.45, 7) is 0.923. The Morgan fingerprint density at radius 1 is 1.04 bits per heavy atom. The molecule has 0 aromatic carbocycles. The molecule has 2 N–H and O–H groups in total. The molecule has 2 amide bonds. The van der Waals surface area contributed by atoms with E-state index in [4.69, 9.17) is 0 Å². The smallest absolute Gasteiger partial charge is 0.253 e. The zero-order valence-corrected chi connectivity index (χ0v) is 15.3. The standard InChI is InChI=1S/C21H24N4O2/c26-20(24-11-9-16-6-2-1-3-7-16)17-12-18(14-22-13-17)21(27)25-15-19-8-4-5-10-23-19/h4-6,8,10,12-14H,1-3,7,9,11,15H2,(H,24,26)(H,25,27). The second-order valence-electron chi connectivity index (χ2n) is 6.58. The van der Waals surface area contributed by atoms with Crippen LogP contribution in [0.3, 0.4) is 0 Å². The topological polar surface area (TPSA) is 84.0 Å². The molecule has 0 spiro atoms. The number of hydrogen-bond acceptors (Lipinski definition) is 4. The maximum absolute atomic E-state index is 12.3. The van der Waals surface area contributed by atoms with Crippen molar-refractivity contribution in [1.82, 2.24) is 20.6 Å². The minimum atomic E-state index is -0.282.